The van der Waals surface area contributed by atoms with E-state index in [9.17, 15) is 4.39 Å². The van der Waals surface area contributed by atoms with E-state index in [-0.39, 0.29) is 12.0 Å². The molecule has 0 aromatic carbocycles. The fourth-order valence-corrected chi connectivity index (χ4v) is 1.15. The van der Waals surface area contributed by atoms with Crippen molar-refractivity contribution in [3.8, 4) is 0 Å². The molecule has 0 aliphatic heterocycles. The van der Waals surface area contributed by atoms with Gasteiger partial charge < -0.3 is 10.6 Å². The number of aromatic nitrogens is 3. The Bertz CT molecular complexity index is 328. The fraction of sp³-hybridized carbons (Fsp3) is 0.667. The molecular weight excluding hydrogens is 197 g/mol. The van der Waals surface area contributed by atoms with Crippen molar-refractivity contribution >= 4 is 11.9 Å². The predicted molar refractivity (Wildman–Crippen MR) is 55.2 cm³/mol. The SMILES string of the molecule is CC(C)Nc1nc(F)nc(NC2CC2)n1. The van der Waals surface area contributed by atoms with Crippen molar-refractivity contribution in [2.75, 3.05) is 10.6 Å². The second kappa shape index (κ2) is 3.96. The molecule has 15 heavy (non-hydrogen) atoms. The first kappa shape index (κ1) is 10.1. The van der Waals surface area contributed by atoms with Gasteiger partial charge in [-0.1, -0.05) is 0 Å². The molecule has 82 valence electrons. The van der Waals surface area contributed by atoms with Crippen molar-refractivity contribution in [2.45, 2.75) is 38.8 Å². The van der Waals surface area contributed by atoms with E-state index in [1.807, 2.05) is 13.8 Å². The van der Waals surface area contributed by atoms with Gasteiger partial charge in [0.05, 0.1) is 0 Å². The van der Waals surface area contributed by atoms with Gasteiger partial charge in [0.1, 0.15) is 0 Å². The van der Waals surface area contributed by atoms with E-state index in [1.165, 1.54) is 0 Å². The first-order valence-corrected chi connectivity index (χ1v) is 5.08. The molecule has 1 saturated carbocycles. The Morgan fingerprint density at radius 1 is 1.20 bits per heavy atom. The molecule has 2 rings (SSSR count). The monoisotopic (exact) mass is 211 g/mol. The van der Waals surface area contributed by atoms with Crippen molar-refractivity contribution in [3.63, 3.8) is 0 Å². The van der Waals surface area contributed by atoms with Crippen molar-refractivity contribution in [3.05, 3.63) is 6.08 Å². The van der Waals surface area contributed by atoms with Crippen LogP contribution in [0.5, 0.6) is 0 Å². The number of halogens is 1. The number of rotatable bonds is 4. The Labute approximate surface area is 87.5 Å². The Kier molecular flexibility index (Phi) is 2.66. The Balaban J connectivity index is 2.11. The summed E-state index contributed by atoms with van der Waals surface area (Å²) in [4.78, 5) is 11.2. The van der Waals surface area contributed by atoms with Gasteiger partial charge in [-0.15, -0.1) is 0 Å². The first-order valence-electron chi connectivity index (χ1n) is 5.08. The topological polar surface area (TPSA) is 62.7 Å². The Morgan fingerprint density at radius 3 is 2.47 bits per heavy atom. The second-order valence-corrected chi connectivity index (χ2v) is 3.97. The van der Waals surface area contributed by atoms with E-state index in [1.54, 1.807) is 0 Å². The standard InChI is InChI=1S/C9H14FN5/c1-5(2)11-8-13-7(10)14-9(15-8)12-6-3-4-6/h5-6H,3-4H2,1-2H3,(H2,11,12,13,14,15). The summed E-state index contributed by atoms with van der Waals surface area (Å²) < 4.78 is 13.0. The summed E-state index contributed by atoms with van der Waals surface area (Å²) in [6.45, 7) is 3.88. The molecule has 6 heteroatoms. The molecular formula is C9H14FN5. The Hall–Kier alpha value is -1.46. The van der Waals surface area contributed by atoms with Crippen LogP contribution in [0.25, 0.3) is 0 Å². The molecule has 0 amide bonds. The van der Waals surface area contributed by atoms with Crippen LogP contribution in [0.3, 0.4) is 0 Å². The molecule has 0 saturated heterocycles. The minimum atomic E-state index is -0.753. The average Bonchev–Trinajstić information content (AvgIpc) is 2.85. The lowest BCUT2D eigenvalue weighted by Gasteiger charge is -2.09. The summed E-state index contributed by atoms with van der Waals surface area (Å²) in [7, 11) is 0. The average molecular weight is 211 g/mol. The zero-order valence-electron chi connectivity index (χ0n) is 8.79. The maximum atomic E-state index is 13.0. The van der Waals surface area contributed by atoms with Crippen molar-refractivity contribution in [2.24, 2.45) is 0 Å². The van der Waals surface area contributed by atoms with E-state index >= 15 is 0 Å². The molecule has 0 spiro atoms. The van der Waals surface area contributed by atoms with Gasteiger partial charge in [-0.25, -0.2) is 0 Å². The summed E-state index contributed by atoms with van der Waals surface area (Å²) >= 11 is 0. The Morgan fingerprint density at radius 2 is 1.87 bits per heavy atom. The molecule has 1 fully saturated rings. The van der Waals surface area contributed by atoms with Gasteiger partial charge in [-0.3, -0.25) is 0 Å². The second-order valence-electron chi connectivity index (χ2n) is 3.97. The fourth-order valence-electron chi connectivity index (χ4n) is 1.15. The maximum absolute atomic E-state index is 13.0. The minimum absolute atomic E-state index is 0.167. The summed E-state index contributed by atoms with van der Waals surface area (Å²) in [5, 5.41) is 5.97. The summed E-state index contributed by atoms with van der Waals surface area (Å²) in [5.74, 6) is 0.591. The largest absolute Gasteiger partial charge is 0.352 e. The van der Waals surface area contributed by atoms with Crippen LogP contribution in [-0.4, -0.2) is 27.0 Å². The summed E-state index contributed by atoms with van der Waals surface area (Å²) in [6.07, 6.45) is 1.44. The van der Waals surface area contributed by atoms with Crippen LogP contribution in [-0.2, 0) is 0 Å². The molecule has 0 unspecified atom stereocenters. The zero-order chi connectivity index (χ0) is 10.8. The predicted octanol–water partition coefficient (Wildman–Crippen LogP) is 1.41. The highest BCUT2D eigenvalue weighted by atomic mass is 19.1. The van der Waals surface area contributed by atoms with Crippen molar-refractivity contribution in [1.82, 2.24) is 15.0 Å². The third-order valence-electron chi connectivity index (χ3n) is 1.94. The van der Waals surface area contributed by atoms with E-state index in [0.717, 1.165) is 12.8 Å². The van der Waals surface area contributed by atoms with E-state index in [2.05, 4.69) is 25.6 Å². The molecule has 0 radical (unpaired) electrons. The quantitative estimate of drug-likeness (QED) is 0.788. The van der Waals surface area contributed by atoms with Gasteiger partial charge in [0.15, 0.2) is 0 Å². The molecule has 1 aromatic heterocycles. The van der Waals surface area contributed by atoms with Crippen LogP contribution in [0.1, 0.15) is 26.7 Å². The van der Waals surface area contributed by atoms with E-state index in [4.69, 9.17) is 0 Å². The highest BCUT2D eigenvalue weighted by molar-refractivity contribution is 5.35. The van der Waals surface area contributed by atoms with E-state index in [0.29, 0.717) is 12.0 Å². The van der Waals surface area contributed by atoms with Gasteiger partial charge >= 0.3 is 6.08 Å². The summed E-state index contributed by atoms with van der Waals surface area (Å²) in [5.41, 5.74) is 0. The van der Waals surface area contributed by atoms with Crippen LogP contribution in [0.4, 0.5) is 16.3 Å². The molecule has 1 heterocycles. The number of hydrogen-bond acceptors (Lipinski definition) is 5. The van der Waals surface area contributed by atoms with Gasteiger partial charge in [-0.2, -0.15) is 19.3 Å². The van der Waals surface area contributed by atoms with Crippen LogP contribution in [0.2, 0.25) is 0 Å². The number of nitrogens with one attached hydrogen (secondary N) is 2. The highest BCUT2D eigenvalue weighted by Gasteiger charge is 2.22. The first-order chi connectivity index (χ1) is 7.13. The molecule has 0 bridgehead atoms. The molecule has 5 nitrogen and oxygen atoms in total. The van der Waals surface area contributed by atoms with Crippen LogP contribution >= 0.6 is 0 Å². The lowest BCUT2D eigenvalue weighted by Crippen LogP contribution is -2.16. The number of nitrogens with zero attached hydrogens (tertiary/aromatic N) is 3. The third kappa shape index (κ3) is 3.00. The minimum Gasteiger partial charge on any atom is -0.352 e. The maximum Gasteiger partial charge on any atom is 0.315 e. The molecule has 2 N–H and O–H groups in total. The highest BCUT2D eigenvalue weighted by Crippen LogP contribution is 2.23. The van der Waals surface area contributed by atoms with E-state index < -0.39 is 6.08 Å². The van der Waals surface area contributed by atoms with Gasteiger partial charge in [0.2, 0.25) is 11.9 Å². The van der Waals surface area contributed by atoms with Gasteiger partial charge in [-0.05, 0) is 26.7 Å². The third-order valence-corrected chi connectivity index (χ3v) is 1.94. The van der Waals surface area contributed by atoms with Crippen molar-refractivity contribution < 1.29 is 4.39 Å². The lowest BCUT2D eigenvalue weighted by molar-refractivity contribution is 0.535. The van der Waals surface area contributed by atoms with Gasteiger partial charge in [0, 0.05) is 12.1 Å². The smallest absolute Gasteiger partial charge is 0.315 e. The molecule has 1 aromatic rings. The molecule has 1 aliphatic rings. The normalized spacial score (nSPS) is 15.5. The lowest BCUT2D eigenvalue weighted by atomic mass is 10.4. The van der Waals surface area contributed by atoms with Crippen molar-refractivity contribution in [1.29, 1.82) is 0 Å². The van der Waals surface area contributed by atoms with Crippen LogP contribution < -0.4 is 10.6 Å². The zero-order valence-corrected chi connectivity index (χ0v) is 8.79. The van der Waals surface area contributed by atoms with Crippen LogP contribution in [0.15, 0.2) is 0 Å². The number of anilines is 2. The molecule has 1 aliphatic carbocycles. The van der Waals surface area contributed by atoms with Crippen LogP contribution in [0, 0.1) is 6.08 Å². The van der Waals surface area contributed by atoms with Gasteiger partial charge in [0.25, 0.3) is 0 Å². The molecule has 0 atom stereocenters. The number of hydrogen-bond donors (Lipinski definition) is 2. The summed E-state index contributed by atoms with van der Waals surface area (Å²) in [6, 6.07) is 0.569.